The molecule has 1 aliphatic heterocycles. The van der Waals surface area contributed by atoms with Gasteiger partial charge in [-0.25, -0.2) is 4.79 Å². The zero-order valence-electron chi connectivity index (χ0n) is 10.4. The van der Waals surface area contributed by atoms with Crippen LogP contribution < -0.4 is 5.32 Å². The quantitative estimate of drug-likeness (QED) is 0.574. The first-order valence-corrected chi connectivity index (χ1v) is 5.81. The lowest BCUT2D eigenvalue weighted by Crippen LogP contribution is -2.40. The average molecular weight is 258 g/mol. The molecule has 1 heterocycles. The standard InChI is InChI=1S/C11H18N2O5/c1-6(2)13-5-7(3-9(13)15)10(16)12-4-8(14)11(17)18/h6-8,14H,3-5H2,1-2H3,(H,12,16)(H,17,18)/t7?,8-/m0/s1. The molecule has 1 fully saturated rings. The van der Waals surface area contributed by atoms with Crippen molar-refractivity contribution in [3.63, 3.8) is 0 Å². The molecule has 1 saturated heterocycles. The Morgan fingerprint density at radius 3 is 2.56 bits per heavy atom. The molecule has 7 heteroatoms. The third-order valence-corrected chi connectivity index (χ3v) is 2.91. The molecule has 102 valence electrons. The van der Waals surface area contributed by atoms with Gasteiger partial charge in [0.25, 0.3) is 0 Å². The summed E-state index contributed by atoms with van der Waals surface area (Å²) in [4.78, 5) is 35.2. The number of amides is 2. The van der Waals surface area contributed by atoms with Crippen molar-refractivity contribution < 1.29 is 24.6 Å². The number of carboxylic acids is 1. The molecule has 0 aromatic heterocycles. The van der Waals surface area contributed by atoms with Gasteiger partial charge >= 0.3 is 5.97 Å². The van der Waals surface area contributed by atoms with Gasteiger partial charge in [0, 0.05) is 19.0 Å². The van der Waals surface area contributed by atoms with E-state index in [4.69, 9.17) is 10.2 Å². The van der Waals surface area contributed by atoms with Crippen LogP contribution in [0.1, 0.15) is 20.3 Å². The van der Waals surface area contributed by atoms with E-state index in [9.17, 15) is 14.4 Å². The Morgan fingerprint density at radius 1 is 1.50 bits per heavy atom. The van der Waals surface area contributed by atoms with Crippen LogP contribution in [-0.2, 0) is 14.4 Å². The lowest BCUT2D eigenvalue weighted by Gasteiger charge is -2.20. The van der Waals surface area contributed by atoms with Crippen molar-refractivity contribution in [2.24, 2.45) is 5.92 Å². The lowest BCUT2D eigenvalue weighted by molar-refractivity contribution is -0.146. The number of nitrogens with one attached hydrogen (secondary N) is 1. The van der Waals surface area contributed by atoms with E-state index in [2.05, 4.69) is 5.32 Å². The topological polar surface area (TPSA) is 107 Å². The van der Waals surface area contributed by atoms with Gasteiger partial charge in [0.15, 0.2) is 6.10 Å². The van der Waals surface area contributed by atoms with Gasteiger partial charge in [0.1, 0.15) is 0 Å². The number of likely N-dealkylation sites (tertiary alicyclic amines) is 1. The van der Waals surface area contributed by atoms with Gasteiger partial charge in [-0.05, 0) is 13.8 Å². The van der Waals surface area contributed by atoms with Crippen LogP contribution in [0.4, 0.5) is 0 Å². The number of carbonyl (C=O) groups excluding carboxylic acids is 2. The van der Waals surface area contributed by atoms with Gasteiger partial charge in [0.05, 0.1) is 12.5 Å². The fourth-order valence-electron chi connectivity index (χ4n) is 1.84. The van der Waals surface area contributed by atoms with Crippen LogP contribution in [0.25, 0.3) is 0 Å². The predicted octanol–water partition coefficient (Wildman–Crippen LogP) is -1.19. The maximum Gasteiger partial charge on any atom is 0.334 e. The summed E-state index contributed by atoms with van der Waals surface area (Å²) >= 11 is 0. The normalized spacial score (nSPS) is 21.2. The van der Waals surface area contributed by atoms with Crippen molar-refractivity contribution in [3.05, 3.63) is 0 Å². The molecule has 1 rings (SSSR count). The highest BCUT2D eigenvalue weighted by atomic mass is 16.4. The minimum absolute atomic E-state index is 0.0416. The lowest BCUT2D eigenvalue weighted by atomic mass is 10.1. The molecule has 7 nitrogen and oxygen atoms in total. The molecule has 3 N–H and O–H groups in total. The summed E-state index contributed by atoms with van der Waals surface area (Å²) in [6.45, 7) is 3.73. The van der Waals surface area contributed by atoms with E-state index in [1.807, 2.05) is 13.8 Å². The third-order valence-electron chi connectivity index (χ3n) is 2.91. The summed E-state index contributed by atoms with van der Waals surface area (Å²) in [5, 5.41) is 19.8. The monoisotopic (exact) mass is 258 g/mol. The highest BCUT2D eigenvalue weighted by Crippen LogP contribution is 2.19. The molecule has 18 heavy (non-hydrogen) atoms. The smallest absolute Gasteiger partial charge is 0.334 e. The van der Waals surface area contributed by atoms with Crippen molar-refractivity contribution >= 4 is 17.8 Å². The van der Waals surface area contributed by atoms with Gasteiger partial charge in [-0.2, -0.15) is 0 Å². The zero-order valence-corrected chi connectivity index (χ0v) is 10.4. The van der Waals surface area contributed by atoms with Gasteiger partial charge < -0.3 is 20.4 Å². The molecule has 2 amide bonds. The minimum atomic E-state index is -1.62. The summed E-state index contributed by atoms with van der Waals surface area (Å²) in [6, 6.07) is 0.0416. The van der Waals surface area contributed by atoms with Crippen molar-refractivity contribution in [2.45, 2.75) is 32.4 Å². The van der Waals surface area contributed by atoms with Crippen molar-refractivity contribution in [2.75, 3.05) is 13.1 Å². The second-order valence-electron chi connectivity index (χ2n) is 4.64. The summed E-state index contributed by atoms with van der Waals surface area (Å²) in [6.07, 6.45) is -1.49. The summed E-state index contributed by atoms with van der Waals surface area (Å²) in [5.74, 6) is -2.33. The van der Waals surface area contributed by atoms with Crippen molar-refractivity contribution in [1.29, 1.82) is 0 Å². The van der Waals surface area contributed by atoms with Crippen molar-refractivity contribution in [3.8, 4) is 0 Å². The Balaban J connectivity index is 2.45. The maximum absolute atomic E-state index is 11.7. The number of rotatable bonds is 5. The van der Waals surface area contributed by atoms with E-state index in [1.165, 1.54) is 0 Å². The molecular formula is C11H18N2O5. The van der Waals surface area contributed by atoms with E-state index >= 15 is 0 Å². The van der Waals surface area contributed by atoms with Crippen LogP contribution in [0.3, 0.4) is 0 Å². The Labute approximate surface area is 105 Å². The first-order valence-electron chi connectivity index (χ1n) is 5.81. The molecule has 2 atom stereocenters. The van der Waals surface area contributed by atoms with Crippen LogP contribution in [0.2, 0.25) is 0 Å². The van der Waals surface area contributed by atoms with Gasteiger partial charge in [-0.15, -0.1) is 0 Å². The van der Waals surface area contributed by atoms with E-state index in [1.54, 1.807) is 4.90 Å². The number of aliphatic hydroxyl groups is 1. The van der Waals surface area contributed by atoms with E-state index in [0.29, 0.717) is 6.54 Å². The largest absolute Gasteiger partial charge is 0.479 e. The molecule has 1 aliphatic rings. The molecule has 0 saturated carbocycles. The number of carboxylic acid groups (broad SMARTS) is 1. The van der Waals surface area contributed by atoms with E-state index in [-0.39, 0.29) is 24.9 Å². The summed E-state index contributed by atoms with van der Waals surface area (Å²) in [7, 11) is 0. The number of aliphatic hydroxyl groups excluding tert-OH is 1. The van der Waals surface area contributed by atoms with E-state index in [0.717, 1.165) is 0 Å². The van der Waals surface area contributed by atoms with Crippen molar-refractivity contribution in [1.82, 2.24) is 10.2 Å². The first kappa shape index (κ1) is 14.4. The molecule has 0 aliphatic carbocycles. The number of nitrogens with zero attached hydrogens (tertiary/aromatic N) is 1. The van der Waals surface area contributed by atoms with Gasteiger partial charge in [0.2, 0.25) is 11.8 Å². The molecule has 0 bridgehead atoms. The minimum Gasteiger partial charge on any atom is -0.479 e. The maximum atomic E-state index is 11.7. The Morgan fingerprint density at radius 2 is 2.11 bits per heavy atom. The Kier molecular flexibility index (Phi) is 4.66. The van der Waals surface area contributed by atoms with E-state index < -0.39 is 23.9 Å². The predicted molar refractivity (Wildman–Crippen MR) is 61.6 cm³/mol. The molecular weight excluding hydrogens is 240 g/mol. The summed E-state index contributed by atoms with van der Waals surface area (Å²) < 4.78 is 0. The third kappa shape index (κ3) is 3.43. The van der Waals surface area contributed by atoms with Crippen LogP contribution in [-0.4, -0.2) is 58.1 Å². The Bertz CT molecular complexity index is 355. The van der Waals surface area contributed by atoms with Crippen LogP contribution in [0, 0.1) is 5.92 Å². The molecule has 0 aromatic rings. The molecule has 0 radical (unpaired) electrons. The molecule has 1 unspecified atom stereocenters. The van der Waals surface area contributed by atoms with Crippen LogP contribution in [0.15, 0.2) is 0 Å². The van der Waals surface area contributed by atoms with Crippen LogP contribution in [0.5, 0.6) is 0 Å². The molecule has 0 aromatic carbocycles. The highest BCUT2D eigenvalue weighted by Gasteiger charge is 2.35. The number of aliphatic carboxylic acids is 1. The fraction of sp³-hybridized carbons (Fsp3) is 0.727. The average Bonchev–Trinajstić information content (AvgIpc) is 2.67. The zero-order chi connectivity index (χ0) is 13.9. The SMILES string of the molecule is CC(C)N1CC(C(=O)NC[C@H](O)C(=O)O)CC1=O. The van der Waals surface area contributed by atoms with Crippen LogP contribution >= 0.6 is 0 Å². The second kappa shape index (κ2) is 5.81. The Hall–Kier alpha value is -1.63. The number of hydrogen-bond acceptors (Lipinski definition) is 4. The molecule has 0 spiro atoms. The van der Waals surface area contributed by atoms with Gasteiger partial charge in [-0.3, -0.25) is 9.59 Å². The highest BCUT2D eigenvalue weighted by molar-refractivity contribution is 5.89. The number of carbonyl (C=O) groups is 3. The first-order chi connectivity index (χ1) is 8.32. The fourth-order valence-corrected chi connectivity index (χ4v) is 1.84. The number of hydrogen-bond donors (Lipinski definition) is 3. The second-order valence-corrected chi connectivity index (χ2v) is 4.64. The van der Waals surface area contributed by atoms with Gasteiger partial charge in [-0.1, -0.05) is 0 Å². The summed E-state index contributed by atoms with van der Waals surface area (Å²) in [5.41, 5.74) is 0.